The Morgan fingerprint density at radius 1 is 0.923 bits per heavy atom. The van der Waals surface area contributed by atoms with Gasteiger partial charge in [0.05, 0.1) is 0 Å². The lowest BCUT2D eigenvalue weighted by Gasteiger charge is -2.37. The molecule has 0 nitrogen and oxygen atoms in total. The number of hydrogen-bond acceptors (Lipinski definition) is 0. The third-order valence-electron chi connectivity index (χ3n) is 4.38. The molecule has 2 saturated carbocycles. The maximum Gasteiger partial charge on any atom is -0.0358 e. The summed E-state index contributed by atoms with van der Waals surface area (Å²) in [6.45, 7) is 2.36. The van der Waals surface area contributed by atoms with Gasteiger partial charge in [0.2, 0.25) is 0 Å². The predicted molar refractivity (Wildman–Crippen MR) is 57.7 cm³/mol. The molecular weight excluding hydrogens is 156 g/mol. The minimum Gasteiger partial charge on any atom is -0.0654 e. The highest BCUT2D eigenvalue weighted by Gasteiger charge is 2.33. The zero-order chi connectivity index (χ0) is 9.10. The molecule has 0 aromatic carbocycles. The van der Waals surface area contributed by atoms with Crippen LogP contribution in [0.1, 0.15) is 64.7 Å². The molecule has 0 aromatic rings. The van der Waals surface area contributed by atoms with Crippen molar-refractivity contribution in [3.63, 3.8) is 0 Å². The maximum absolute atomic E-state index is 2.36. The summed E-state index contributed by atoms with van der Waals surface area (Å²) < 4.78 is 0. The smallest absolute Gasteiger partial charge is 0.0358 e. The van der Waals surface area contributed by atoms with Crippen LogP contribution in [0.3, 0.4) is 0 Å². The quantitative estimate of drug-likeness (QED) is 0.602. The highest BCUT2D eigenvalue weighted by Crippen LogP contribution is 2.44. The Hall–Kier alpha value is 0. The first-order valence-electron chi connectivity index (χ1n) is 6.42. The summed E-state index contributed by atoms with van der Waals surface area (Å²) in [5, 5.41) is 0. The highest BCUT2D eigenvalue weighted by atomic mass is 14.4. The SMILES string of the molecule is CCCC(C1CCCC1)C1CCC1. The summed E-state index contributed by atoms with van der Waals surface area (Å²) in [6.07, 6.45) is 13.7. The lowest BCUT2D eigenvalue weighted by molar-refractivity contribution is 0.135. The van der Waals surface area contributed by atoms with Crippen LogP contribution in [0, 0.1) is 17.8 Å². The van der Waals surface area contributed by atoms with Crippen molar-refractivity contribution in [2.45, 2.75) is 64.7 Å². The molecule has 2 rings (SSSR count). The molecule has 0 heteroatoms. The minimum atomic E-state index is 1.13. The monoisotopic (exact) mass is 180 g/mol. The van der Waals surface area contributed by atoms with Gasteiger partial charge in [-0.25, -0.2) is 0 Å². The van der Waals surface area contributed by atoms with Crippen molar-refractivity contribution in [1.29, 1.82) is 0 Å². The largest absolute Gasteiger partial charge is 0.0654 e. The lowest BCUT2D eigenvalue weighted by atomic mass is 9.68. The second-order valence-electron chi connectivity index (χ2n) is 5.19. The minimum absolute atomic E-state index is 1.13. The van der Waals surface area contributed by atoms with Crippen molar-refractivity contribution in [1.82, 2.24) is 0 Å². The number of hydrogen-bond donors (Lipinski definition) is 0. The van der Waals surface area contributed by atoms with Gasteiger partial charge in [-0.05, 0) is 17.8 Å². The van der Waals surface area contributed by atoms with E-state index in [-0.39, 0.29) is 0 Å². The Kier molecular flexibility index (Phi) is 3.29. The highest BCUT2D eigenvalue weighted by molar-refractivity contribution is 4.84. The Balaban J connectivity index is 1.86. The van der Waals surface area contributed by atoms with Crippen LogP contribution >= 0.6 is 0 Å². The average Bonchev–Trinajstić information content (AvgIpc) is 2.51. The van der Waals surface area contributed by atoms with Gasteiger partial charge in [0.1, 0.15) is 0 Å². The first kappa shape index (κ1) is 9.55. The van der Waals surface area contributed by atoms with Gasteiger partial charge in [-0.1, -0.05) is 64.7 Å². The van der Waals surface area contributed by atoms with E-state index in [1.165, 1.54) is 32.1 Å². The van der Waals surface area contributed by atoms with E-state index in [0.29, 0.717) is 0 Å². The molecule has 76 valence electrons. The zero-order valence-corrected chi connectivity index (χ0v) is 9.10. The molecule has 0 spiro atoms. The molecule has 2 aliphatic rings. The molecule has 1 atom stereocenters. The molecule has 2 fully saturated rings. The summed E-state index contributed by atoms with van der Waals surface area (Å²) >= 11 is 0. The average molecular weight is 180 g/mol. The van der Waals surface area contributed by atoms with Crippen molar-refractivity contribution in [3.8, 4) is 0 Å². The molecule has 1 unspecified atom stereocenters. The van der Waals surface area contributed by atoms with Crippen LogP contribution in [0.25, 0.3) is 0 Å². The van der Waals surface area contributed by atoms with E-state index in [2.05, 4.69) is 6.92 Å². The first-order valence-corrected chi connectivity index (χ1v) is 6.42. The van der Waals surface area contributed by atoms with E-state index >= 15 is 0 Å². The van der Waals surface area contributed by atoms with Crippen LogP contribution in [0.5, 0.6) is 0 Å². The van der Waals surface area contributed by atoms with E-state index in [1.807, 2.05) is 0 Å². The molecule has 0 aliphatic heterocycles. The Labute approximate surface area is 83.1 Å². The normalized spacial score (nSPS) is 27.5. The fraction of sp³-hybridized carbons (Fsp3) is 1.00. The molecule has 0 bridgehead atoms. The van der Waals surface area contributed by atoms with Crippen LogP contribution < -0.4 is 0 Å². The van der Waals surface area contributed by atoms with Crippen LogP contribution in [-0.2, 0) is 0 Å². The van der Waals surface area contributed by atoms with Crippen LogP contribution in [0.15, 0.2) is 0 Å². The van der Waals surface area contributed by atoms with Crippen LogP contribution in [0.4, 0.5) is 0 Å². The second-order valence-corrected chi connectivity index (χ2v) is 5.19. The number of rotatable bonds is 4. The van der Waals surface area contributed by atoms with Gasteiger partial charge in [-0.3, -0.25) is 0 Å². The molecule has 0 heterocycles. The van der Waals surface area contributed by atoms with Gasteiger partial charge >= 0.3 is 0 Å². The van der Waals surface area contributed by atoms with Gasteiger partial charge in [0.25, 0.3) is 0 Å². The van der Waals surface area contributed by atoms with E-state index < -0.39 is 0 Å². The summed E-state index contributed by atoms with van der Waals surface area (Å²) in [6, 6.07) is 0. The van der Waals surface area contributed by atoms with E-state index in [4.69, 9.17) is 0 Å². The van der Waals surface area contributed by atoms with Gasteiger partial charge in [-0.15, -0.1) is 0 Å². The van der Waals surface area contributed by atoms with Crippen molar-refractivity contribution in [2.75, 3.05) is 0 Å². The fourth-order valence-corrected chi connectivity index (χ4v) is 3.44. The fourth-order valence-electron chi connectivity index (χ4n) is 3.44. The Morgan fingerprint density at radius 2 is 1.46 bits per heavy atom. The van der Waals surface area contributed by atoms with Crippen LogP contribution in [-0.4, -0.2) is 0 Å². The molecule has 13 heavy (non-hydrogen) atoms. The van der Waals surface area contributed by atoms with Gasteiger partial charge in [-0.2, -0.15) is 0 Å². The predicted octanol–water partition coefficient (Wildman–Crippen LogP) is 4.39. The molecule has 0 N–H and O–H groups in total. The Bertz CT molecular complexity index is 140. The summed E-state index contributed by atoms with van der Waals surface area (Å²) in [5.74, 6) is 3.40. The van der Waals surface area contributed by atoms with Crippen molar-refractivity contribution in [3.05, 3.63) is 0 Å². The standard InChI is InChI=1S/C13H24/c1-2-6-13(12-9-5-10-12)11-7-3-4-8-11/h11-13H,2-10H2,1H3. The molecule has 0 radical (unpaired) electrons. The zero-order valence-electron chi connectivity index (χ0n) is 9.10. The van der Waals surface area contributed by atoms with Crippen LogP contribution in [0.2, 0.25) is 0 Å². The third kappa shape index (κ3) is 2.08. The molecule has 0 saturated heterocycles. The second kappa shape index (κ2) is 4.48. The van der Waals surface area contributed by atoms with Gasteiger partial charge in [0, 0.05) is 0 Å². The van der Waals surface area contributed by atoms with E-state index in [0.717, 1.165) is 17.8 Å². The van der Waals surface area contributed by atoms with E-state index in [9.17, 15) is 0 Å². The molecule has 0 aromatic heterocycles. The lowest BCUT2D eigenvalue weighted by Crippen LogP contribution is -2.27. The van der Waals surface area contributed by atoms with E-state index in [1.54, 1.807) is 25.7 Å². The van der Waals surface area contributed by atoms with Gasteiger partial charge < -0.3 is 0 Å². The summed E-state index contributed by atoms with van der Waals surface area (Å²) in [7, 11) is 0. The van der Waals surface area contributed by atoms with Crippen molar-refractivity contribution >= 4 is 0 Å². The van der Waals surface area contributed by atoms with Crippen molar-refractivity contribution < 1.29 is 0 Å². The van der Waals surface area contributed by atoms with Gasteiger partial charge in [0.15, 0.2) is 0 Å². The van der Waals surface area contributed by atoms with Crippen molar-refractivity contribution in [2.24, 2.45) is 17.8 Å². The molecular formula is C13H24. The summed E-state index contributed by atoms with van der Waals surface area (Å²) in [5.41, 5.74) is 0. The topological polar surface area (TPSA) is 0 Å². The molecule has 2 aliphatic carbocycles. The maximum atomic E-state index is 2.36. The Morgan fingerprint density at radius 3 is 1.85 bits per heavy atom. The first-order chi connectivity index (χ1) is 6.42. The molecule has 0 amide bonds. The third-order valence-corrected chi connectivity index (χ3v) is 4.38. The summed E-state index contributed by atoms with van der Waals surface area (Å²) in [4.78, 5) is 0.